The van der Waals surface area contributed by atoms with Crippen molar-refractivity contribution in [1.29, 1.82) is 0 Å². The zero-order chi connectivity index (χ0) is 9.90. The van der Waals surface area contributed by atoms with Gasteiger partial charge in [0.15, 0.2) is 5.03 Å². The van der Waals surface area contributed by atoms with Crippen LogP contribution in [0, 0.1) is 10.1 Å². The predicted octanol–water partition coefficient (Wildman–Crippen LogP) is 0.746. The summed E-state index contributed by atoms with van der Waals surface area (Å²) in [5, 5.41) is 10.2. The molecule has 1 unspecified atom stereocenters. The number of furan rings is 1. The average molecular weight is 206 g/mol. The number of hydrazine groups is 1. The Balaban J connectivity index is 2.62. The molecule has 2 N–H and O–H groups in total. The van der Waals surface area contributed by atoms with E-state index in [9.17, 15) is 14.7 Å². The number of nitro groups is 1. The molecule has 0 fully saturated rings. The molecule has 0 aliphatic carbocycles. The maximum absolute atomic E-state index is 11.0. The Morgan fingerprint density at radius 3 is 2.92 bits per heavy atom. The van der Waals surface area contributed by atoms with Crippen LogP contribution in [0.15, 0.2) is 22.8 Å². The molecule has 1 rings (SSSR count). The van der Waals surface area contributed by atoms with Gasteiger partial charge in [-0.3, -0.25) is 4.57 Å². The molecule has 0 amide bonds. The minimum Gasteiger partial charge on any atom is -0.469 e. The van der Waals surface area contributed by atoms with E-state index in [1.807, 2.05) is 0 Å². The maximum atomic E-state index is 11.0. The van der Waals surface area contributed by atoms with E-state index in [4.69, 9.17) is 9.31 Å². The zero-order valence-electron chi connectivity index (χ0n) is 6.41. The summed E-state index contributed by atoms with van der Waals surface area (Å²) < 4.78 is 15.8. The van der Waals surface area contributed by atoms with E-state index >= 15 is 0 Å². The van der Waals surface area contributed by atoms with E-state index in [2.05, 4.69) is 0 Å². The van der Waals surface area contributed by atoms with Gasteiger partial charge >= 0.3 is 7.52 Å². The van der Waals surface area contributed by atoms with Gasteiger partial charge in [-0.1, -0.05) is 5.20 Å². The lowest BCUT2D eigenvalue weighted by molar-refractivity contribution is -0.521. The van der Waals surface area contributed by atoms with E-state index in [-0.39, 0.29) is 5.76 Å². The molecule has 0 aliphatic heterocycles. The van der Waals surface area contributed by atoms with Crippen LogP contribution in [-0.2, 0) is 10.7 Å². The van der Waals surface area contributed by atoms with Gasteiger partial charge in [-0.2, -0.15) is 0 Å². The smallest absolute Gasteiger partial charge is 0.350 e. The highest BCUT2D eigenvalue weighted by molar-refractivity contribution is 7.54. The Morgan fingerprint density at radius 2 is 2.46 bits per heavy atom. The molecule has 0 radical (unpaired) electrons. The van der Waals surface area contributed by atoms with Gasteiger partial charge in [0.1, 0.15) is 11.9 Å². The van der Waals surface area contributed by atoms with Gasteiger partial charge in [-0.25, -0.2) is 10.1 Å². The zero-order valence-corrected chi connectivity index (χ0v) is 7.31. The van der Waals surface area contributed by atoms with Gasteiger partial charge in [0.2, 0.25) is 0 Å². The van der Waals surface area contributed by atoms with E-state index in [0.717, 1.165) is 0 Å². The number of nitrogens with one attached hydrogen (secondary N) is 1. The fraction of sp³-hybridized carbons (Fsp3) is 0.200. The number of hydrogen-bond acceptors (Lipinski definition) is 4. The standard InChI is InChI=1S/C5H7N2O5P/c8-7(9)6-13(10,11)4-5-2-1-3-12-5/h1-3H,4H2,(H2,6,10,11). The van der Waals surface area contributed by atoms with E-state index in [0.29, 0.717) is 0 Å². The average Bonchev–Trinajstić information content (AvgIpc) is 2.34. The van der Waals surface area contributed by atoms with Gasteiger partial charge in [0.25, 0.3) is 0 Å². The van der Waals surface area contributed by atoms with Crippen LogP contribution in [0.3, 0.4) is 0 Å². The highest BCUT2D eigenvalue weighted by Gasteiger charge is 2.25. The lowest BCUT2D eigenvalue weighted by Crippen LogP contribution is -2.18. The van der Waals surface area contributed by atoms with Crippen molar-refractivity contribution in [2.24, 2.45) is 0 Å². The van der Waals surface area contributed by atoms with Crippen molar-refractivity contribution in [3.8, 4) is 0 Å². The summed E-state index contributed by atoms with van der Waals surface area (Å²) >= 11 is 0. The van der Waals surface area contributed by atoms with E-state index in [1.54, 1.807) is 0 Å². The largest absolute Gasteiger partial charge is 0.469 e. The van der Waals surface area contributed by atoms with Crippen molar-refractivity contribution in [3.05, 3.63) is 34.3 Å². The van der Waals surface area contributed by atoms with Crippen molar-refractivity contribution >= 4 is 7.52 Å². The molecule has 0 aromatic carbocycles. The van der Waals surface area contributed by atoms with Crippen LogP contribution in [0.4, 0.5) is 0 Å². The third-order valence-electron chi connectivity index (χ3n) is 1.19. The fourth-order valence-electron chi connectivity index (χ4n) is 0.777. The summed E-state index contributed by atoms with van der Waals surface area (Å²) in [4.78, 5) is 18.9. The second-order valence-electron chi connectivity index (χ2n) is 2.30. The quantitative estimate of drug-likeness (QED) is 0.427. The Bertz CT molecular complexity index is 335. The summed E-state index contributed by atoms with van der Waals surface area (Å²) in [6, 6.07) is 2.99. The van der Waals surface area contributed by atoms with E-state index < -0.39 is 18.7 Å². The molecule has 0 saturated carbocycles. The fourth-order valence-corrected chi connectivity index (χ4v) is 1.70. The van der Waals surface area contributed by atoms with Crippen LogP contribution in [-0.4, -0.2) is 9.93 Å². The molecule has 1 aromatic rings. The molecule has 0 bridgehead atoms. The number of hydrogen-bond donors (Lipinski definition) is 2. The van der Waals surface area contributed by atoms with Crippen LogP contribution < -0.4 is 5.20 Å². The van der Waals surface area contributed by atoms with Gasteiger partial charge in [-0.05, 0) is 12.1 Å². The molecular formula is C5H7N2O5P. The molecule has 8 heteroatoms. The third-order valence-corrected chi connectivity index (χ3v) is 2.40. The number of nitrogens with zero attached hydrogens (tertiary/aromatic N) is 1. The lowest BCUT2D eigenvalue weighted by atomic mass is 10.5. The van der Waals surface area contributed by atoms with Crippen molar-refractivity contribution in [3.63, 3.8) is 0 Å². The van der Waals surface area contributed by atoms with Crippen molar-refractivity contribution in [2.75, 3.05) is 0 Å². The summed E-state index contributed by atoms with van der Waals surface area (Å²) in [5.41, 5.74) is 0. The van der Waals surface area contributed by atoms with Crippen LogP contribution in [0.25, 0.3) is 0 Å². The lowest BCUT2D eigenvalue weighted by Gasteiger charge is -2.04. The monoisotopic (exact) mass is 206 g/mol. The summed E-state index contributed by atoms with van der Waals surface area (Å²) in [6.07, 6.45) is 0.919. The molecular weight excluding hydrogens is 199 g/mol. The predicted molar refractivity (Wildman–Crippen MR) is 42.4 cm³/mol. The Morgan fingerprint density at radius 1 is 1.77 bits per heavy atom. The maximum Gasteiger partial charge on any atom is 0.350 e. The molecule has 7 nitrogen and oxygen atoms in total. The van der Waals surface area contributed by atoms with Gasteiger partial charge in [-0.15, -0.1) is 0 Å². The molecule has 0 aliphatic rings. The first-order chi connectivity index (χ1) is 5.99. The van der Waals surface area contributed by atoms with Crippen LogP contribution in [0.2, 0.25) is 0 Å². The van der Waals surface area contributed by atoms with Gasteiger partial charge in [0, 0.05) is 0 Å². The highest BCUT2D eigenvalue weighted by Crippen LogP contribution is 2.39. The first-order valence-corrected chi connectivity index (χ1v) is 5.10. The van der Waals surface area contributed by atoms with Gasteiger partial charge in [0.05, 0.1) is 6.26 Å². The molecule has 0 spiro atoms. The molecule has 0 saturated heterocycles. The minimum atomic E-state index is -3.98. The molecule has 1 atom stereocenters. The Hall–Kier alpha value is -1.33. The SMILES string of the molecule is O=[N+]([O-])NP(=O)(O)Cc1ccco1. The van der Waals surface area contributed by atoms with Crippen molar-refractivity contribution in [1.82, 2.24) is 5.20 Å². The second kappa shape index (κ2) is 3.59. The minimum absolute atomic E-state index is 0.222. The first kappa shape index (κ1) is 9.76. The third kappa shape index (κ3) is 3.27. The first-order valence-electron chi connectivity index (χ1n) is 3.26. The molecule has 1 heterocycles. The highest BCUT2D eigenvalue weighted by atomic mass is 31.2. The Kier molecular flexibility index (Phi) is 2.69. The van der Waals surface area contributed by atoms with Crippen LogP contribution in [0.1, 0.15) is 5.76 Å². The van der Waals surface area contributed by atoms with E-state index in [1.165, 1.54) is 23.6 Å². The van der Waals surface area contributed by atoms with Crippen LogP contribution >= 0.6 is 7.52 Å². The van der Waals surface area contributed by atoms with Crippen molar-refractivity contribution in [2.45, 2.75) is 6.16 Å². The topological polar surface area (TPSA) is 106 Å². The molecule has 1 aromatic heterocycles. The second-order valence-corrected chi connectivity index (χ2v) is 4.22. The number of rotatable bonds is 4. The van der Waals surface area contributed by atoms with Gasteiger partial charge < -0.3 is 9.31 Å². The molecule has 72 valence electrons. The molecule has 13 heavy (non-hydrogen) atoms. The summed E-state index contributed by atoms with van der Waals surface area (Å²) in [5.74, 6) is 0.222. The normalized spacial score (nSPS) is 14.8. The van der Waals surface area contributed by atoms with Crippen molar-refractivity contribution < 1.29 is 18.9 Å². The summed E-state index contributed by atoms with van der Waals surface area (Å²) in [7, 11) is -3.98. The summed E-state index contributed by atoms with van der Waals surface area (Å²) in [6.45, 7) is 0. The Labute approximate surface area is 73.0 Å². The van der Waals surface area contributed by atoms with Crippen LogP contribution in [0.5, 0.6) is 0 Å².